The number of methoxy groups -OCH3 is 1. The lowest BCUT2D eigenvalue weighted by Crippen LogP contribution is -2.48. The lowest BCUT2D eigenvalue weighted by atomic mass is 10.2. The lowest BCUT2D eigenvalue weighted by molar-refractivity contribution is -0.142. The fourth-order valence-corrected chi connectivity index (χ4v) is 2.12. The molecule has 1 aliphatic rings. The van der Waals surface area contributed by atoms with Crippen LogP contribution in [0.5, 0.6) is 5.75 Å². The minimum atomic E-state index is -0.913. The van der Waals surface area contributed by atoms with Gasteiger partial charge in [0.2, 0.25) is 0 Å². The zero-order valence-corrected chi connectivity index (χ0v) is 10.6. The Hall–Kier alpha value is -2.08. The van der Waals surface area contributed by atoms with Gasteiger partial charge in [-0.25, -0.2) is 5.01 Å². The zero-order valence-electron chi connectivity index (χ0n) is 10.6. The smallest absolute Gasteiger partial charge is 0.322 e. The number of hydrogen-bond donors (Lipinski definition) is 2. The summed E-state index contributed by atoms with van der Waals surface area (Å²) in [6, 6.07) is 6.08. The Morgan fingerprint density at radius 2 is 2.26 bits per heavy atom. The Balaban J connectivity index is 2.06. The van der Waals surface area contributed by atoms with Crippen LogP contribution in [0.15, 0.2) is 24.3 Å². The maximum atomic E-state index is 12.0. The highest BCUT2D eigenvalue weighted by Crippen LogP contribution is 2.16. The Bertz CT molecular complexity index is 489. The SMILES string of the molecule is COc1cccc(C(=O)NN2CCC[C@H]2C(=O)O)c1. The van der Waals surface area contributed by atoms with Crippen LogP contribution in [0, 0.1) is 0 Å². The van der Waals surface area contributed by atoms with Crippen molar-refractivity contribution < 1.29 is 19.4 Å². The molecule has 1 amide bonds. The first kappa shape index (κ1) is 13.4. The van der Waals surface area contributed by atoms with E-state index in [9.17, 15) is 9.59 Å². The van der Waals surface area contributed by atoms with Gasteiger partial charge in [-0.2, -0.15) is 0 Å². The summed E-state index contributed by atoms with van der Waals surface area (Å²) >= 11 is 0. The van der Waals surface area contributed by atoms with Crippen LogP contribution in [-0.2, 0) is 4.79 Å². The number of carbonyl (C=O) groups is 2. The highest BCUT2D eigenvalue weighted by molar-refractivity contribution is 5.94. The second-order valence-electron chi connectivity index (χ2n) is 4.36. The van der Waals surface area contributed by atoms with Crippen LogP contribution < -0.4 is 10.2 Å². The zero-order chi connectivity index (χ0) is 13.8. The molecule has 1 aliphatic heterocycles. The summed E-state index contributed by atoms with van der Waals surface area (Å²) in [5.41, 5.74) is 3.08. The molecule has 19 heavy (non-hydrogen) atoms. The number of hydrogen-bond acceptors (Lipinski definition) is 4. The van der Waals surface area contributed by atoms with Gasteiger partial charge in [-0.3, -0.25) is 15.0 Å². The average Bonchev–Trinajstić information content (AvgIpc) is 2.87. The maximum absolute atomic E-state index is 12.0. The molecule has 2 rings (SSSR count). The molecule has 102 valence electrons. The maximum Gasteiger partial charge on any atom is 0.322 e. The van der Waals surface area contributed by atoms with Gasteiger partial charge in [-0.15, -0.1) is 0 Å². The van der Waals surface area contributed by atoms with Crippen molar-refractivity contribution in [1.29, 1.82) is 0 Å². The van der Waals surface area contributed by atoms with Gasteiger partial charge in [-0.1, -0.05) is 6.07 Å². The van der Waals surface area contributed by atoms with Gasteiger partial charge in [0, 0.05) is 12.1 Å². The van der Waals surface area contributed by atoms with Crippen LogP contribution in [0.1, 0.15) is 23.2 Å². The predicted molar refractivity (Wildman–Crippen MR) is 67.8 cm³/mol. The molecule has 1 aromatic rings. The number of amides is 1. The summed E-state index contributed by atoms with van der Waals surface area (Å²) in [5.74, 6) is -0.653. The topological polar surface area (TPSA) is 78.9 Å². The summed E-state index contributed by atoms with van der Waals surface area (Å²) in [5, 5.41) is 10.5. The predicted octanol–water partition coefficient (Wildman–Crippen LogP) is 0.889. The first-order chi connectivity index (χ1) is 9.11. The van der Waals surface area contributed by atoms with Gasteiger partial charge in [0.05, 0.1) is 7.11 Å². The molecular formula is C13H16N2O4. The van der Waals surface area contributed by atoms with E-state index in [-0.39, 0.29) is 5.91 Å². The number of carboxylic acids is 1. The summed E-state index contributed by atoms with van der Waals surface area (Å²) in [6.45, 7) is 0.548. The fraction of sp³-hybridized carbons (Fsp3) is 0.385. The molecular weight excluding hydrogens is 248 g/mol. The van der Waals surface area contributed by atoms with E-state index in [2.05, 4.69) is 5.43 Å². The van der Waals surface area contributed by atoms with Crippen molar-refractivity contribution in [2.24, 2.45) is 0 Å². The third-order valence-corrected chi connectivity index (χ3v) is 3.11. The second kappa shape index (κ2) is 5.71. The summed E-state index contributed by atoms with van der Waals surface area (Å²) in [4.78, 5) is 23.1. The van der Waals surface area contributed by atoms with Crippen LogP contribution in [-0.4, -0.2) is 41.7 Å². The van der Waals surface area contributed by atoms with Gasteiger partial charge in [0.25, 0.3) is 5.91 Å². The van der Waals surface area contributed by atoms with Gasteiger partial charge in [0.15, 0.2) is 0 Å². The third kappa shape index (κ3) is 3.03. The average molecular weight is 264 g/mol. The molecule has 0 spiro atoms. The van der Waals surface area contributed by atoms with Crippen LogP contribution in [0.4, 0.5) is 0 Å². The Morgan fingerprint density at radius 3 is 2.95 bits per heavy atom. The van der Waals surface area contributed by atoms with E-state index in [1.54, 1.807) is 24.3 Å². The standard InChI is InChI=1S/C13H16N2O4/c1-19-10-5-2-4-9(8-10)12(16)14-15-7-3-6-11(15)13(17)18/h2,4-5,8,11H,3,6-7H2,1H3,(H,14,16)(H,17,18)/t11-/m0/s1. The molecule has 2 N–H and O–H groups in total. The number of nitrogens with zero attached hydrogens (tertiary/aromatic N) is 1. The molecule has 0 aliphatic carbocycles. The number of hydrazine groups is 1. The number of aliphatic carboxylic acids is 1. The number of carboxylic acid groups (broad SMARTS) is 1. The summed E-state index contributed by atoms with van der Waals surface area (Å²) in [7, 11) is 1.53. The van der Waals surface area contributed by atoms with Crippen LogP contribution >= 0.6 is 0 Å². The van der Waals surface area contributed by atoms with Gasteiger partial charge < -0.3 is 9.84 Å². The quantitative estimate of drug-likeness (QED) is 0.844. The highest BCUT2D eigenvalue weighted by Gasteiger charge is 2.31. The molecule has 0 radical (unpaired) electrons. The Kier molecular flexibility index (Phi) is 4.01. The molecule has 1 fully saturated rings. The van der Waals surface area contributed by atoms with Gasteiger partial charge >= 0.3 is 5.97 Å². The number of carbonyl (C=O) groups excluding carboxylic acids is 1. The molecule has 0 aromatic heterocycles. The minimum absolute atomic E-state index is 0.327. The Labute approximate surface area is 110 Å². The normalized spacial score (nSPS) is 19.1. The van der Waals surface area contributed by atoms with Crippen LogP contribution in [0.3, 0.4) is 0 Å². The van der Waals surface area contributed by atoms with E-state index in [1.807, 2.05) is 0 Å². The van der Waals surface area contributed by atoms with Crippen molar-refractivity contribution >= 4 is 11.9 Å². The molecule has 0 bridgehead atoms. The minimum Gasteiger partial charge on any atom is -0.497 e. The first-order valence-electron chi connectivity index (χ1n) is 6.06. The number of rotatable bonds is 4. The van der Waals surface area contributed by atoms with Gasteiger partial charge in [0.1, 0.15) is 11.8 Å². The largest absolute Gasteiger partial charge is 0.497 e. The molecule has 6 heteroatoms. The van der Waals surface area contributed by atoms with E-state index in [1.165, 1.54) is 12.1 Å². The van der Waals surface area contributed by atoms with E-state index < -0.39 is 12.0 Å². The third-order valence-electron chi connectivity index (χ3n) is 3.11. The summed E-state index contributed by atoms with van der Waals surface area (Å²) < 4.78 is 5.05. The van der Waals surface area contributed by atoms with Crippen LogP contribution in [0.25, 0.3) is 0 Å². The number of nitrogens with one attached hydrogen (secondary N) is 1. The number of ether oxygens (including phenoxy) is 1. The molecule has 1 saturated heterocycles. The molecule has 0 saturated carbocycles. The van der Waals surface area contributed by atoms with Crippen molar-refractivity contribution in [1.82, 2.24) is 10.4 Å². The van der Waals surface area contributed by atoms with Crippen LogP contribution in [0.2, 0.25) is 0 Å². The molecule has 0 unspecified atom stereocenters. The van der Waals surface area contributed by atoms with Crippen molar-refractivity contribution in [2.45, 2.75) is 18.9 Å². The molecule has 1 heterocycles. The first-order valence-corrected chi connectivity index (χ1v) is 6.06. The highest BCUT2D eigenvalue weighted by atomic mass is 16.5. The van der Waals surface area contributed by atoms with Crippen molar-refractivity contribution in [3.05, 3.63) is 29.8 Å². The van der Waals surface area contributed by atoms with E-state index in [0.29, 0.717) is 24.3 Å². The summed E-state index contributed by atoms with van der Waals surface area (Å²) in [6.07, 6.45) is 1.31. The van der Waals surface area contributed by atoms with E-state index >= 15 is 0 Å². The van der Waals surface area contributed by atoms with Crippen molar-refractivity contribution in [3.63, 3.8) is 0 Å². The van der Waals surface area contributed by atoms with Gasteiger partial charge in [-0.05, 0) is 31.0 Å². The molecule has 1 atom stereocenters. The van der Waals surface area contributed by atoms with Crippen molar-refractivity contribution in [3.8, 4) is 5.75 Å². The number of benzene rings is 1. The van der Waals surface area contributed by atoms with Crippen molar-refractivity contribution in [2.75, 3.05) is 13.7 Å². The second-order valence-corrected chi connectivity index (χ2v) is 4.36. The molecule has 6 nitrogen and oxygen atoms in total. The molecule has 1 aromatic carbocycles. The fourth-order valence-electron chi connectivity index (χ4n) is 2.12. The Morgan fingerprint density at radius 1 is 1.47 bits per heavy atom. The monoisotopic (exact) mass is 264 g/mol. The van der Waals surface area contributed by atoms with E-state index in [0.717, 1.165) is 6.42 Å². The van der Waals surface area contributed by atoms with E-state index in [4.69, 9.17) is 9.84 Å². The lowest BCUT2D eigenvalue weighted by Gasteiger charge is -2.21.